The molecule has 194 valence electrons. The molecule has 35 heavy (non-hydrogen) atoms. The molecule has 0 aromatic carbocycles. The highest BCUT2D eigenvalue weighted by atomic mass is 35.5. The van der Waals surface area contributed by atoms with E-state index in [0.29, 0.717) is 30.6 Å². The monoisotopic (exact) mass is 534 g/mol. The first-order chi connectivity index (χ1) is 16.2. The Kier molecular flexibility index (Phi) is 8.23. The van der Waals surface area contributed by atoms with E-state index in [4.69, 9.17) is 11.6 Å². The standard InChI is InChI=1S/C23H30ClF3N4O3S/c1-15(16-6-8-18(22(2,24)12-16)14-29-35(3,33)34)21(32)28-13-17-7-9-19(23(25,26)27)30-20(17)31-10-4-5-11-31/h6-9,15,29H,4-5,10-14H2,1-3H3,(H,28,32). The van der Waals surface area contributed by atoms with E-state index in [-0.39, 0.29) is 24.8 Å². The van der Waals surface area contributed by atoms with Gasteiger partial charge in [0.2, 0.25) is 15.9 Å². The summed E-state index contributed by atoms with van der Waals surface area (Å²) in [5, 5.41) is 2.82. The van der Waals surface area contributed by atoms with E-state index < -0.39 is 32.7 Å². The number of aromatic nitrogens is 1. The van der Waals surface area contributed by atoms with Crippen molar-refractivity contribution < 1.29 is 26.4 Å². The molecular weight excluding hydrogens is 505 g/mol. The van der Waals surface area contributed by atoms with Crippen molar-refractivity contribution in [1.29, 1.82) is 0 Å². The summed E-state index contributed by atoms with van der Waals surface area (Å²) in [4.78, 5) is 17.7. The Morgan fingerprint density at radius 3 is 2.46 bits per heavy atom. The minimum atomic E-state index is -4.55. The fraction of sp³-hybridized carbons (Fsp3) is 0.565. The summed E-state index contributed by atoms with van der Waals surface area (Å²) in [6, 6.07) is 2.30. The highest BCUT2D eigenvalue weighted by Gasteiger charge is 2.35. The van der Waals surface area contributed by atoms with Crippen molar-refractivity contribution in [1.82, 2.24) is 15.0 Å². The lowest BCUT2D eigenvalue weighted by Crippen LogP contribution is -2.36. The van der Waals surface area contributed by atoms with Crippen LogP contribution in [0.3, 0.4) is 0 Å². The minimum Gasteiger partial charge on any atom is -0.356 e. The lowest BCUT2D eigenvalue weighted by atomic mass is 9.82. The lowest BCUT2D eigenvalue weighted by molar-refractivity contribution is -0.141. The molecule has 2 heterocycles. The van der Waals surface area contributed by atoms with Crippen molar-refractivity contribution in [3.8, 4) is 0 Å². The van der Waals surface area contributed by atoms with Gasteiger partial charge >= 0.3 is 6.18 Å². The SMILES string of the molecule is CC(C(=O)NCc1ccc(C(F)(F)F)nc1N1CCCC1)C1=CC=C(CNS(C)(=O)=O)C(C)(Cl)C1. The van der Waals surface area contributed by atoms with Gasteiger partial charge in [-0.15, -0.1) is 11.6 Å². The maximum Gasteiger partial charge on any atom is 0.433 e. The van der Waals surface area contributed by atoms with Gasteiger partial charge in [0.15, 0.2) is 0 Å². The van der Waals surface area contributed by atoms with Crippen LogP contribution in [0.15, 0.2) is 35.4 Å². The zero-order chi connectivity index (χ0) is 26.0. The third-order valence-corrected chi connectivity index (χ3v) is 7.33. The Morgan fingerprint density at radius 1 is 1.23 bits per heavy atom. The second-order valence-electron chi connectivity index (χ2n) is 9.21. The molecule has 1 aliphatic heterocycles. The molecule has 12 heteroatoms. The Bertz CT molecular complexity index is 1130. The number of pyridine rings is 1. The first-order valence-corrected chi connectivity index (χ1v) is 13.6. The Balaban J connectivity index is 1.71. The number of hydrogen-bond donors (Lipinski definition) is 2. The summed E-state index contributed by atoms with van der Waals surface area (Å²) in [5.41, 5.74) is 1.03. The van der Waals surface area contributed by atoms with Crippen LogP contribution in [0.25, 0.3) is 0 Å². The molecule has 0 spiro atoms. The third-order valence-electron chi connectivity index (χ3n) is 6.28. The predicted octanol–water partition coefficient (Wildman–Crippen LogP) is 3.76. The molecule has 1 fully saturated rings. The maximum atomic E-state index is 13.2. The fourth-order valence-corrected chi connectivity index (χ4v) is 4.87. The number of carbonyl (C=O) groups is 1. The van der Waals surface area contributed by atoms with Crippen LogP contribution in [0, 0.1) is 5.92 Å². The molecule has 2 N–H and O–H groups in total. The van der Waals surface area contributed by atoms with E-state index in [9.17, 15) is 26.4 Å². The first kappa shape index (κ1) is 27.5. The van der Waals surface area contributed by atoms with Gasteiger partial charge in [-0.05, 0) is 44.7 Å². The summed E-state index contributed by atoms with van der Waals surface area (Å²) >= 11 is 6.65. The number of alkyl halides is 4. The zero-order valence-corrected chi connectivity index (χ0v) is 21.4. The Labute approximate surface area is 208 Å². The average Bonchev–Trinajstić information content (AvgIpc) is 3.28. The summed E-state index contributed by atoms with van der Waals surface area (Å²) in [7, 11) is -3.38. The van der Waals surface area contributed by atoms with Gasteiger partial charge < -0.3 is 10.2 Å². The van der Waals surface area contributed by atoms with Crippen LogP contribution in [0.2, 0.25) is 0 Å². The van der Waals surface area contributed by atoms with E-state index in [2.05, 4.69) is 15.0 Å². The van der Waals surface area contributed by atoms with Crippen LogP contribution in [0.5, 0.6) is 0 Å². The van der Waals surface area contributed by atoms with Crippen LogP contribution in [0.1, 0.15) is 44.4 Å². The van der Waals surface area contributed by atoms with E-state index in [1.54, 1.807) is 26.0 Å². The van der Waals surface area contributed by atoms with Gasteiger partial charge in [0, 0.05) is 31.7 Å². The first-order valence-electron chi connectivity index (χ1n) is 11.3. The second-order valence-corrected chi connectivity index (χ2v) is 11.9. The van der Waals surface area contributed by atoms with Gasteiger partial charge in [0.25, 0.3) is 0 Å². The van der Waals surface area contributed by atoms with Crippen molar-refractivity contribution in [3.63, 3.8) is 0 Å². The molecular formula is C23H30ClF3N4O3S. The molecule has 3 rings (SSSR count). The van der Waals surface area contributed by atoms with Gasteiger partial charge in [0.05, 0.1) is 17.0 Å². The Morgan fingerprint density at radius 2 is 1.89 bits per heavy atom. The van der Waals surface area contributed by atoms with Crippen LogP contribution >= 0.6 is 11.6 Å². The van der Waals surface area contributed by atoms with Crippen molar-refractivity contribution in [2.75, 3.05) is 30.8 Å². The number of halogens is 4. The zero-order valence-electron chi connectivity index (χ0n) is 19.9. The molecule has 1 aliphatic carbocycles. The van der Waals surface area contributed by atoms with E-state index in [0.717, 1.165) is 30.7 Å². The third kappa shape index (κ3) is 7.20. The summed E-state index contributed by atoms with van der Waals surface area (Å²) < 4.78 is 64.8. The smallest absolute Gasteiger partial charge is 0.356 e. The van der Waals surface area contributed by atoms with Crippen LogP contribution in [-0.2, 0) is 27.5 Å². The molecule has 1 aromatic heterocycles. The number of carbonyl (C=O) groups excluding carboxylic acids is 1. The second kappa shape index (κ2) is 10.5. The molecule has 0 bridgehead atoms. The number of hydrogen-bond acceptors (Lipinski definition) is 5. The average molecular weight is 535 g/mol. The summed E-state index contributed by atoms with van der Waals surface area (Å²) in [6.07, 6.45) is 2.11. The normalized spacial score (nSPS) is 22.0. The predicted molar refractivity (Wildman–Crippen MR) is 130 cm³/mol. The maximum absolute atomic E-state index is 13.2. The van der Waals surface area contributed by atoms with E-state index in [1.807, 2.05) is 4.90 Å². The van der Waals surface area contributed by atoms with Gasteiger partial charge in [-0.3, -0.25) is 4.79 Å². The van der Waals surface area contributed by atoms with E-state index in [1.165, 1.54) is 6.07 Å². The highest BCUT2D eigenvalue weighted by molar-refractivity contribution is 7.88. The van der Waals surface area contributed by atoms with Gasteiger partial charge in [-0.2, -0.15) is 13.2 Å². The molecule has 1 aromatic rings. The van der Waals surface area contributed by atoms with Crippen molar-refractivity contribution >= 4 is 33.3 Å². The molecule has 7 nitrogen and oxygen atoms in total. The van der Waals surface area contributed by atoms with Crippen LogP contribution in [0.4, 0.5) is 19.0 Å². The largest absolute Gasteiger partial charge is 0.433 e. The van der Waals surface area contributed by atoms with Gasteiger partial charge in [-0.1, -0.05) is 23.8 Å². The Hall–Kier alpha value is -2.11. The molecule has 1 saturated heterocycles. The lowest BCUT2D eigenvalue weighted by Gasteiger charge is -2.32. The minimum absolute atomic E-state index is 0.0466. The molecule has 1 amide bonds. The number of sulfonamides is 1. The number of nitrogens with zero attached hydrogens (tertiary/aromatic N) is 2. The van der Waals surface area contributed by atoms with Gasteiger partial charge in [0.1, 0.15) is 11.5 Å². The van der Waals surface area contributed by atoms with E-state index >= 15 is 0 Å². The van der Waals surface area contributed by atoms with Crippen LogP contribution < -0.4 is 14.9 Å². The van der Waals surface area contributed by atoms with Crippen molar-refractivity contribution in [3.05, 3.63) is 46.7 Å². The van der Waals surface area contributed by atoms with Gasteiger partial charge in [-0.25, -0.2) is 18.1 Å². The number of nitrogens with one attached hydrogen (secondary N) is 2. The van der Waals surface area contributed by atoms with Crippen molar-refractivity contribution in [2.45, 2.75) is 50.7 Å². The fourth-order valence-electron chi connectivity index (χ4n) is 4.17. The molecule has 2 aliphatic rings. The summed E-state index contributed by atoms with van der Waals surface area (Å²) in [6.45, 7) is 4.85. The highest BCUT2D eigenvalue weighted by Crippen LogP contribution is 2.38. The topological polar surface area (TPSA) is 91.4 Å². The molecule has 2 unspecified atom stereocenters. The molecule has 0 radical (unpaired) electrons. The number of anilines is 1. The number of rotatable bonds is 8. The number of allylic oxidation sites excluding steroid dienone is 2. The molecule has 2 atom stereocenters. The summed E-state index contributed by atoms with van der Waals surface area (Å²) in [5.74, 6) is -0.574. The number of amides is 1. The van der Waals surface area contributed by atoms with Crippen molar-refractivity contribution in [2.24, 2.45) is 5.92 Å². The molecule has 0 saturated carbocycles. The van der Waals surface area contributed by atoms with Crippen LogP contribution in [-0.4, -0.2) is 50.1 Å². The quantitative estimate of drug-likeness (QED) is 0.496.